The van der Waals surface area contributed by atoms with E-state index in [-0.39, 0.29) is 0 Å². The highest BCUT2D eigenvalue weighted by Crippen LogP contribution is 2.36. The van der Waals surface area contributed by atoms with E-state index in [0.717, 1.165) is 48.0 Å². The lowest BCUT2D eigenvalue weighted by atomic mass is 10.0. The monoisotopic (exact) mass is 356 g/mol. The summed E-state index contributed by atoms with van der Waals surface area (Å²) in [5, 5.41) is 13.0. The number of hydrogen-bond donors (Lipinski definition) is 1. The second kappa shape index (κ2) is 6.69. The zero-order valence-corrected chi connectivity index (χ0v) is 15.7. The fourth-order valence-corrected chi connectivity index (χ4v) is 3.98. The average Bonchev–Trinajstić information content (AvgIpc) is 3.39. The predicted octanol–water partition coefficient (Wildman–Crippen LogP) is 5.40. The second-order valence-corrected chi connectivity index (χ2v) is 7.55. The highest BCUT2D eigenvalue weighted by Gasteiger charge is 2.26. The molecule has 5 rings (SSSR count). The first kappa shape index (κ1) is 16.3. The number of nitrogens with zero attached hydrogens (tertiary/aromatic N) is 3. The van der Waals surface area contributed by atoms with Crippen molar-refractivity contribution in [2.45, 2.75) is 26.2 Å². The van der Waals surface area contributed by atoms with E-state index in [1.165, 1.54) is 29.0 Å². The number of nitrogens with one attached hydrogen (secondary N) is 1. The summed E-state index contributed by atoms with van der Waals surface area (Å²) in [6, 6.07) is 17.0. The number of hydrogen-bond acceptors (Lipinski definition) is 3. The Balaban J connectivity index is 1.69. The molecule has 1 N–H and O–H groups in total. The lowest BCUT2D eigenvalue weighted by Crippen LogP contribution is -2.28. The molecule has 1 aliphatic rings. The number of benzene rings is 2. The van der Waals surface area contributed by atoms with Gasteiger partial charge >= 0.3 is 0 Å². The van der Waals surface area contributed by atoms with E-state index in [9.17, 15) is 0 Å². The highest BCUT2D eigenvalue weighted by molar-refractivity contribution is 6.05. The van der Waals surface area contributed by atoms with Gasteiger partial charge in [0.15, 0.2) is 5.82 Å². The summed E-state index contributed by atoms with van der Waals surface area (Å²) < 4.78 is 0. The minimum Gasteiger partial charge on any atom is -0.361 e. The van der Waals surface area contributed by atoms with Gasteiger partial charge in [0, 0.05) is 46.5 Å². The number of anilines is 1. The molecule has 0 amide bonds. The molecule has 2 aromatic carbocycles. The van der Waals surface area contributed by atoms with Gasteiger partial charge < -0.3 is 9.88 Å². The quantitative estimate of drug-likeness (QED) is 0.503. The van der Waals surface area contributed by atoms with Gasteiger partial charge in [-0.15, -0.1) is 10.2 Å². The second-order valence-electron chi connectivity index (χ2n) is 7.55. The first-order chi connectivity index (χ1) is 13.3. The highest BCUT2D eigenvalue weighted by atomic mass is 15.3. The largest absolute Gasteiger partial charge is 0.361 e. The summed E-state index contributed by atoms with van der Waals surface area (Å²) in [4.78, 5) is 5.73. The third kappa shape index (κ3) is 2.95. The summed E-state index contributed by atoms with van der Waals surface area (Å²) in [5.41, 5.74) is 3.22. The summed E-state index contributed by atoms with van der Waals surface area (Å²) in [6.07, 6.45) is 5.79. The standard InChI is InChI=1S/C23H24N4/c1-2-14-27(15-16-10-11-16)23-20-7-4-3-6-19(20)22(25-26-23)18-8-5-9-21-17(18)12-13-24-21/h3-9,12-13,16,24H,2,10-11,14-15H2,1H3. The van der Waals surface area contributed by atoms with Crippen LogP contribution in [0.1, 0.15) is 26.2 Å². The van der Waals surface area contributed by atoms with Crippen molar-refractivity contribution in [3.63, 3.8) is 0 Å². The van der Waals surface area contributed by atoms with Gasteiger partial charge in [0.05, 0.1) is 0 Å². The number of fused-ring (bicyclic) bond motifs is 2. The van der Waals surface area contributed by atoms with E-state index in [2.05, 4.69) is 65.3 Å². The van der Waals surface area contributed by atoms with Gasteiger partial charge in [-0.1, -0.05) is 43.3 Å². The lowest BCUT2D eigenvalue weighted by Gasteiger charge is -2.24. The minimum absolute atomic E-state index is 0.824. The first-order valence-electron chi connectivity index (χ1n) is 9.92. The van der Waals surface area contributed by atoms with Crippen LogP contribution in [-0.4, -0.2) is 28.3 Å². The van der Waals surface area contributed by atoms with Crippen LogP contribution in [0.4, 0.5) is 5.82 Å². The zero-order chi connectivity index (χ0) is 18.2. The molecule has 1 fully saturated rings. The van der Waals surface area contributed by atoms with Gasteiger partial charge in [0.25, 0.3) is 0 Å². The molecule has 2 heterocycles. The molecule has 0 aliphatic heterocycles. The topological polar surface area (TPSA) is 44.8 Å². The van der Waals surface area contributed by atoms with Crippen LogP contribution in [-0.2, 0) is 0 Å². The molecule has 0 spiro atoms. The van der Waals surface area contributed by atoms with Crippen LogP contribution in [0.5, 0.6) is 0 Å². The summed E-state index contributed by atoms with van der Waals surface area (Å²) in [6.45, 7) is 4.36. The van der Waals surface area contributed by atoms with E-state index >= 15 is 0 Å². The maximum absolute atomic E-state index is 4.74. The van der Waals surface area contributed by atoms with Crippen LogP contribution in [0.2, 0.25) is 0 Å². The molecule has 1 saturated carbocycles. The van der Waals surface area contributed by atoms with Gasteiger partial charge in [-0.3, -0.25) is 0 Å². The molecule has 0 saturated heterocycles. The number of H-pyrrole nitrogens is 1. The van der Waals surface area contributed by atoms with Gasteiger partial charge in [-0.05, 0) is 37.3 Å². The molecule has 0 bridgehead atoms. The Morgan fingerprint density at radius 1 is 0.963 bits per heavy atom. The lowest BCUT2D eigenvalue weighted by molar-refractivity contribution is 0.696. The molecule has 4 nitrogen and oxygen atoms in total. The molecular weight excluding hydrogens is 332 g/mol. The van der Waals surface area contributed by atoms with E-state index in [1.54, 1.807) is 0 Å². The van der Waals surface area contributed by atoms with E-state index in [1.807, 2.05) is 6.20 Å². The van der Waals surface area contributed by atoms with Gasteiger partial charge in [-0.2, -0.15) is 0 Å². The summed E-state index contributed by atoms with van der Waals surface area (Å²) in [5.74, 6) is 1.86. The van der Waals surface area contributed by atoms with Crippen molar-refractivity contribution in [3.05, 3.63) is 54.7 Å². The Labute approximate surface area is 159 Å². The van der Waals surface area contributed by atoms with Crippen LogP contribution in [0, 0.1) is 5.92 Å². The summed E-state index contributed by atoms with van der Waals surface area (Å²) >= 11 is 0. The molecule has 27 heavy (non-hydrogen) atoms. The van der Waals surface area contributed by atoms with Gasteiger partial charge in [0.1, 0.15) is 5.69 Å². The van der Waals surface area contributed by atoms with Crippen molar-refractivity contribution in [1.29, 1.82) is 0 Å². The Hall–Kier alpha value is -2.88. The maximum Gasteiger partial charge on any atom is 0.159 e. The summed E-state index contributed by atoms with van der Waals surface area (Å²) in [7, 11) is 0. The molecule has 1 aliphatic carbocycles. The van der Waals surface area contributed by atoms with Crippen molar-refractivity contribution < 1.29 is 0 Å². The van der Waals surface area contributed by atoms with Crippen molar-refractivity contribution in [2.75, 3.05) is 18.0 Å². The van der Waals surface area contributed by atoms with Gasteiger partial charge in [-0.25, -0.2) is 0 Å². The molecule has 2 aromatic heterocycles. The number of aromatic nitrogens is 3. The molecule has 4 aromatic rings. The first-order valence-corrected chi connectivity index (χ1v) is 9.92. The Morgan fingerprint density at radius 2 is 1.81 bits per heavy atom. The van der Waals surface area contributed by atoms with Crippen molar-refractivity contribution in [3.8, 4) is 11.3 Å². The van der Waals surface area contributed by atoms with Crippen LogP contribution in [0.3, 0.4) is 0 Å². The minimum atomic E-state index is 0.824. The Morgan fingerprint density at radius 3 is 2.63 bits per heavy atom. The Kier molecular flexibility index (Phi) is 4.04. The fraction of sp³-hybridized carbons (Fsp3) is 0.304. The molecule has 136 valence electrons. The van der Waals surface area contributed by atoms with E-state index < -0.39 is 0 Å². The number of rotatable bonds is 6. The number of aromatic amines is 1. The maximum atomic E-state index is 4.74. The van der Waals surface area contributed by atoms with Crippen LogP contribution < -0.4 is 4.90 Å². The third-order valence-electron chi connectivity index (χ3n) is 5.49. The zero-order valence-electron chi connectivity index (χ0n) is 15.7. The van der Waals surface area contributed by atoms with Gasteiger partial charge in [0.2, 0.25) is 0 Å². The normalized spacial score (nSPS) is 14.1. The SMILES string of the molecule is CCCN(CC1CC1)c1nnc(-c2cccc3[nH]ccc23)c2ccccc12. The van der Waals surface area contributed by atoms with Crippen molar-refractivity contribution in [1.82, 2.24) is 15.2 Å². The average molecular weight is 356 g/mol. The fourth-order valence-electron chi connectivity index (χ4n) is 3.98. The van der Waals surface area contributed by atoms with Crippen LogP contribution >= 0.6 is 0 Å². The van der Waals surface area contributed by atoms with Crippen molar-refractivity contribution in [2.24, 2.45) is 5.92 Å². The Bertz CT molecular complexity index is 1090. The smallest absolute Gasteiger partial charge is 0.159 e. The third-order valence-corrected chi connectivity index (χ3v) is 5.49. The molecular formula is C23H24N4. The van der Waals surface area contributed by atoms with E-state index in [4.69, 9.17) is 10.2 Å². The van der Waals surface area contributed by atoms with Crippen LogP contribution in [0.15, 0.2) is 54.7 Å². The van der Waals surface area contributed by atoms with E-state index in [0.29, 0.717) is 0 Å². The molecule has 0 radical (unpaired) electrons. The molecule has 0 unspecified atom stereocenters. The van der Waals surface area contributed by atoms with Crippen molar-refractivity contribution >= 4 is 27.5 Å². The molecule has 0 atom stereocenters. The predicted molar refractivity (Wildman–Crippen MR) is 112 cm³/mol. The molecule has 4 heteroatoms. The van der Waals surface area contributed by atoms with Crippen LogP contribution in [0.25, 0.3) is 32.9 Å².